The summed E-state index contributed by atoms with van der Waals surface area (Å²) in [4.78, 5) is 21.9. The van der Waals surface area contributed by atoms with Crippen molar-refractivity contribution in [2.24, 2.45) is 0 Å². The molecular formula is C13H18N2O4. The van der Waals surface area contributed by atoms with E-state index in [-0.39, 0.29) is 29.5 Å². The first-order valence-electron chi connectivity index (χ1n) is 5.88. The Morgan fingerprint density at radius 3 is 2.58 bits per heavy atom. The summed E-state index contributed by atoms with van der Waals surface area (Å²) in [6, 6.07) is 4.61. The molecule has 0 saturated carbocycles. The molecule has 0 atom stereocenters. The molecule has 0 radical (unpaired) electrons. The van der Waals surface area contributed by atoms with E-state index in [4.69, 9.17) is 4.74 Å². The van der Waals surface area contributed by atoms with Crippen LogP contribution in [0.4, 0.5) is 5.69 Å². The number of rotatable bonds is 4. The average molecular weight is 266 g/mol. The summed E-state index contributed by atoms with van der Waals surface area (Å²) in [6.45, 7) is 7.04. The van der Waals surface area contributed by atoms with E-state index < -0.39 is 4.92 Å². The second-order valence-electron chi connectivity index (χ2n) is 5.32. The Labute approximate surface area is 111 Å². The molecule has 6 nitrogen and oxygen atoms in total. The maximum absolute atomic E-state index is 11.6. The van der Waals surface area contributed by atoms with Gasteiger partial charge in [0.2, 0.25) is 0 Å². The number of nitrogens with zero attached hydrogens (tertiary/aromatic N) is 1. The predicted molar refractivity (Wildman–Crippen MR) is 71.2 cm³/mol. The van der Waals surface area contributed by atoms with E-state index in [0.717, 1.165) is 5.56 Å². The van der Waals surface area contributed by atoms with Crippen LogP contribution < -0.4 is 10.1 Å². The molecule has 0 aromatic heterocycles. The van der Waals surface area contributed by atoms with Gasteiger partial charge in [0.25, 0.3) is 5.91 Å². The molecule has 0 fully saturated rings. The Balaban J connectivity index is 2.73. The zero-order chi connectivity index (χ0) is 14.6. The van der Waals surface area contributed by atoms with Crippen molar-refractivity contribution in [1.82, 2.24) is 5.32 Å². The second kappa shape index (κ2) is 5.69. The van der Waals surface area contributed by atoms with Crippen molar-refractivity contribution in [2.75, 3.05) is 6.61 Å². The minimum Gasteiger partial charge on any atom is -0.477 e. The van der Waals surface area contributed by atoms with E-state index in [0.29, 0.717) is 0 Å². The van der Waals surface area contributed by atoms with Crippen LogP contribution in [0.1, 0.15) is 26.3 Å². The molecule has 0 spiro atoms. The zero-order valence-electron chi connectivity index (χ0n) is 11.5. The van der Waals surface area contributed by atoms with Crippen LogP contribution in [0, 0.1) is 17.0 Å². The van der Waals surface area contributed by atoms with Crippen molar-refractivity contribution in [3.63, 3.8) is 0 Å². The Bertz CT molecular complexity index is 492. The molecule has 19 heavy (non-hydrogen) atoms. The average Bonchev–Trinajstić information content (AvgIpc) is 2.24. The molecule has 0 saturated heterocycles. The number of carbonyl (C=O) groups excluding carboxylic acids is 1. The number of amides is 1. The van der Waals surface area contributed by atoms with E-state index in [2.05, 4.69) is 5.32 Å². The third kappa shape index (κ3) is 4.95. The minimum absolute atomic E-state index is 0.0969. The molecule has 1 aromatic carbocycles. The van der Waals surface area contributed by atoms with Gasteiger partial charge < -0.3 is 10.1 Å². The highest BCUT2D eigenvalue weighted by Crippen LogP contribution is 2.27. The summed E-state index contributed by atoms with van der Waals surface area (Å²) in [7, 11) is 0. The molecule has 1 aromatic rings. The lowest BCUT2D eigenvalue weighted by molar-refractivity contribution is -0.385. The molecule has 0 bridgehead atoms. The van der Waals surface area contributed by atoms with E-state index in [1.165, 1.54) is 12.1 Å². The van der Waals surface area contributed by atoms with Crippen molar-refractivity contribution >= 4 is 11.6 Å². The Morgan fingerprint density at radius 1 is 1.42 bits per heavy atom. The number of nitrogens with one attached hydrogen (secondary N) is 1. The first-order chi connectivity index (χ1) is 8.69. The third-order valence-corrected chi connectivity index (χ3v) is 2.18. The predicted octanol–water partition coefficient (Wildman–Crippen LogP) is 2.20. The molecule has 104 valence electrons. The maximum atomic E-state index is 11.6. The quantitative estimate of drug-likeness (QED) is 0.669. The van der Waals surface area contributed by atoms with Crippen LogP contribution in [0.15, 0.2) is 18.2 Å². The van der Waals surface area contributed by atoms with Gasteiger partial charge >= 0.3 is 5.69 Å². The van der Waals surface area contributed by atoms with Crippen molar-refractivity contribution in [1.29, 1.82) is 0 Å². The van der Waals surface area contributed by atoms with E-state index in [1.807, 2.05) is 20.8 Å². The van der Waals surface area contributed by atoms with Gasteiger partial charge in [0.15, 0.2) is 12.4 Å². The molecule has 1 N–H and O–H groups in total. The first-order valence-corrected chi connectivity index (χ1v) is 5.88. The largest absolute Gasteiger partial charge is 0.477 e. The van der Waals surface area contributed by atoms with Crippen LogP contribution >= 0.6 is 0 Å². The number of ether oxygens (including phenoxy) is 1. The Hall–Kier alpha value is -2.11. The van der Waals surface area contributed by atoms with E-state index in [9.17, 15) is 14.9 Å². The number of nitro benzene ring substituents is 1. The highest BCUT2D eigenvalue weighted by molar-refractivity contribution is 5.78. The van der Waals surface area contributed by atoms with Crippen LogP contribution in [0.5, 0.6) is 5.75 Å². The molecule has 0 aliphatic carbocycles. The molecule has 1 rings (SSSR count). The molecule has 0 aliphatic rings. The Morgan fingerprint density at radius 2 is 2.05 bits per heavy atom. The lowest BCUT2D eigenvalue weighted by atomic mass is 10.1. The molecule has 6 heteroatoms. The summed E-state index contributed by atoms with van der Waals surface area (Å²) in [5.41, 5.74) is 0.265. The van der Waals surface area contributed by atoms with Crippen LogP contribution in [-0.2, 0) is 4.79 Å². The first kappa shape index (κ1) is 14.9. The van der Waals surface area contributed by atoms with Crippen molar-refractivity contribution < 1.29 is 14.5 Å². The summed E-state index contributed by atoms with van der Waals surface area (Å²) in [5.74, 6) is -0.220. The topological polar surface area (TPSA) is 81.5 Å². The van der Waals surface area contributed by atoms with Crippen molar-refractivity contribution in [3.05, 3.63) is 33.9 Å². The normalized spacial score (nSPS) is 10.9. The van der Waals surface area contributed by atoms with Gasteiger partial charge in [-0.2, -0.15) is 0 Å². The van der Waals surface area contributed by atoms with Crippen molar-refractivity contribution in [2.45, 2.75) is 33.2 Å². The maximum Gasteiger partial charge on any atom is 0.311 e. The number of benzene rings is 1. The van der Waals surface area contributed by atoms with Gasteiger partial charge in [0.1, 0.15) is 0 Å². The van der Waals surface area contributed by atoms with Gasteiger partial charge in [-0.15, -0.1) is 0 Å². The van der Waals surface area contributed by atoms with Gasteiger partial charge in [-0.1, -0.05) is 6.07 Å². The summed E-state index contributed by atoms with van der Waals surface area (Å²) >= 11 is 0. The summed E-state index contributed by atoms with van der Waals surface area (Å²) in [5, 5.41) is 13.6. The molecule has 0 heterocycles. The van der Waals surface area contributed by atoms with Gasteiger partial charge in [-0.3, -0.25) is 14.9 Å². The van der Waals surface area contributed by atoms with Crippen LogP contribution in [0.3, 0.4) is 0 Å². The zero-order valence-corrected chi connectivity index (χ0v) is 11.5. The number of aryl methyl sites for hydroxylation is 1. The van der Waals surface area contributed by atoms with Gasteiger partial charge in [-0.25, -0.2) is 0 Å². The number of hydrogen-bond donors (Lipinski definition) is 1. The molecule has 0 aliphatic heterocycles. The summed E-state index contributed by atoms with van der Waals surface area (Å²) < 4.78 is 5.21. The molecular weight excluding hydrogens is 248 g/mol. The fourth-order valence-electron chi connectivity index (χ4n) is 1.49. The molecule has 0 unspecified atom stereocenters. The number of carbonyl (C=O) groups is 1. The number of hydrogen-bond acceptors (Lipinski definition) is 4. The van der Waals surface area contributed by atoms with Gasteiger partial charge in [0.05, 0.1) is 4.92 Å². The standard InChI is InChI=1S/C13H18N2O4/c1-9-5-6-11(10(7-9)15(17)18)19-8-12(16)14-13(2,3)4/h5-7H,8H2,1-4H3,(H,14,16). The minimum atomic E-state index is -0.524. The van der Waals surface area contributed by atoms with Crippen LogP contribution in [0.2, 0.25) is 0 Å². The molecule has 1 amide bonds. The lowest BCUT2D eigenvalue weighted by Crippen LogP contribution is -2.43. The van der Waals surface area contributed by atoms with Crippen molar-refractivity contribution in [3.8, 4) is 5.75 Å². The summed E-state index contributed by atoms with van der Waals surface area (Å²) in [6.07, 6.45) is 0. The SMILES string of the molecule is Cc1ccc(OCC(=O)NC(C)(C)C)c([N+](=O)[O-])c1. The fraction of sp³-hybridized carbons (Fsp3) is 0.462. The van der Waals surface area contributed by atoms with E-state index in [1.54, 1.807) is 13.0 Å². The van der Waals surface area contributed by atoms with Gasteiger partial charge in [0, 0.05) is 11.6 Å². The highest BCUT2D eigenvalue weighted by Gasteiger charge is 2.18. The smallest absolute Gasteiger partial charge is 0.311 e. The fourth-order valence-corrected chi connectivity index (χ4v) is 1.49. The number of nitro groups is 1. The van der Waals surface area contributed by atoms with Crippen LogP contribution in [0.25, 0.3) is 0 Å². The second-order valence-corrected chi connectivity index (χ2v) is 5.32. The van der Waals surface area contributed by atoms with E-state index >= 15 is 0 Å². The lowest BCUT2D eigenvalue weighted by Gasteiger charge is -2.20. The Kier molecular flexibility index (Phi) is 4.47. The monoisotopic (exact) mass is 266 g/mol. The highest BCUT2D eigenvalue weighted by atomic mass is 16.6. The van der Waals surface area contributed by atoms with Gasteiger partial charge in [-0.05, 0) is 39.3 Å². The third-order valence-electron chi connectivity index (χ3n) is 2.18. The van der Waals surface area contributed by atoms with Crippen LogP contribution in [-0.4, -0.2) is 23.0 Å².